The molecule has 0 radical (unpaired) electrons. The second-order valence-electron chi connectivity index (χ2n) is 6.22. The van der Waals surface area contributed by atoms with Gasteiger partial charge in [-0.3, -0.25) is 14.9 Å². The molecule has 0 bridgehead atoms. The highest BCUT2D eigenvalue weighted by atomic mass is 79.9. The van der Waals surface area contributed by atoms with Gasteiger partial charge in [-0.25, -0.2) is 9.69 Å². The number of hydrogen-bond acceptors (Lipinski definition) is 3. The lowest BCUT2D eigenvalue weighted by atomic mass is 10.1. The molecule has 1 aliphatic heterocycles. The van der Waals surface area contributed by atoms with E-state index in [1.807, 2.05) is 41.1 Å². The average molecular weight is 515 g/mol. The third kappa shape index (κ3) is 3.81. The zero-order valence-corrected chi connectivity index (χ0v) is 18.0. The zero-order chi connectivity index (χ0) is 20.5. The zero-order valence-electron chi connectivity index (χ0n) is 14.8. The molecule has 0 aliphatic carbocycles. The Bertz CT molecular complexity index is 1180. The number of nitrogens with zero attached hydrogens (tertiary/aromatic N) is 2. The van der Waals surface area contributed by atoms with Gasteiger partial charge >= 0.3 is 6.03 Å². The number of benzene rings is 2. The number of barbiturate groups is 1. The average Bonchev–Trinajstić information content (AvgIpc) is 3.13. The predicted molar refractivity (Wildman–Crippen MR) is 117 cm³/mol. The monoisotopic (exact) mass is 513 g/mol. The van der Waals surface area contributed by atoms with Crippen molar-refractivity contribution in [3.63, 3.8) is 0 Å². The Morgan fingerprint density at radius 2 is 1.48 bits per heavy atom. The normalized spacial score (nSPS) is 15.7. The fourth-order valence-electron chi connectivity index (χ4n) is 3.03. The van der Waals surface area contributed by atoms with E-state index in [-0.39, 0.29) is 5.57 Å². The van der Waals surface area contributed by atoms with Crippen LogP contribution in [0, 0.1) is 0 Å². The summed E-state index contributed by atoms with van der Waals surface area (Å²) in [6, 6.07) is 17.2. The first-order valence-electron chi connectivity index (χ1n) is 8.54. The van der Waals surface area contributed by atoms with Crippen LogP contribution in [-0.2, 0) is 9.59 Å². The smallest absolute Gasteiger partial charge is 0.317 e. The van der Waals surface area contributed by atoms with Gasteiger partial charge in [-0.15, -0.1) is 0 Å². The number of aromatic nitrogens is 1. The van der Waals surface area contributed by atoms with Gasteiger partial charge in [-0.1, -0.05) is 44.0 Å². The van der Waals surface area contributed by atoms with Crippen molar-refractivity contribution in [3.05, 3.63) is 87.1 Å². The molecule has 2 heterocycles. The number of carbonyl (C=O) groups excluding carboxylic acids is 3. The summed E-state index contributed by atoms with van der Waals surface area (Å²) in [5, 5.41) is 2.24. The summed E-state index contributed by atoms with van der Waals surface area (Å²) in [5.41, 5.74) is 1.73. The number of imide groups is 2. The van der Waals surface area contributed by atoms with Crippen molar-refractivity contribution in [1.82, 2.24) is 9.88 Å². The molecule has 1 fully saturated rings. The van der Waals surface area contributed by atoms with Crippen molar-refractivity contribution in [2.45, 2.75) is 0 Å². The number of hydrogen-bond donors (Lipinski definition) is 1. The largest absolute Gasteiger partial charge is 0.335 e. The van der Waals surface area contributed by atoms with Crippen LogP contribution < -0.4 is 10.2 Å². The van der Waals surface area contributed by atoms with E-state index in [4.69, 9.17) is 0 Å². The highest BCUT2D eigenvalue weighted by Gasteiger charge is 2.37. The van der Waals surface area contributed by atoms with E-state index in [9.17, 15) is 14.4 Å². The quantitative estimate of drug-likeness (QED) is 0.408. The Kier molecular flexibility index (Phi) is 5.21. The third-order valence-electron chi connectivity index (χ3n) is 4.33. The predicted octanol–water partition coefficient (Wildman–Crippen LogP) is 4.67. The standard InChI is InChI=1S/C21H13Br2N3O3/c22-13-4-1-6-15(10-13)25-9-3-8-16(25)12-18-19(27)24-21(29)26(20(18)28)17-7-2-5-14(23)11-17/h1-12H,(H,24,27,29)/b18-12+. The molecular formula is C21H13Br2N3O3. The number of amides is 4. The Labute approximate surface area is 183 Å². The Morgan fingerprint density at radius 1 is 0.828 bits per heavy atom. The number of nitrogens with one attached hydrogen (secondary N) is 1. The Hall–Kier alpha value is -2.97. The van der Waals surface area contributed by atoms with Crippen molar-refractivity contribution in [3.8, 4) is 5.69 Å². The first-order chi connectivity index (χ1) is 13.9. The van der Waals surface area contributed by atoms with E-state index in [1.165, 1.54) is 6.08 Å². The maximum Gasteiger partial charge on any atom is 0.335 e. The molecule has 3 aromatic rings. The molecule has 0 unspecified atom stereocenters. The van der Waals surface area contributed by atoms with Crippen molar-refractivity contribution in [1.29, 1.82) is 0 Å². The van der Waals surface area contributed by atoms with Crippen LogP contribution in [0.4, 0.5) is 10.5 Å². The number of halogens is 2. The van der Waals surface area contributed by atoms with Gasteiger partial charge in [0.1, 0.15) is 5.57 Å². The molecule has 2 aromatic carbocycles. The lowest BCUT2D eigenvalue weighted by Crippen LogP contribution is -2.54. The minimum absolute atomic E-state index is 0.125. The van der Waals surface area contributed by atoms with Crippen molar-refractivity contribution < 1.29 is 14.4 Å². The lowest BCUT2D eigenvalue weighted by Gasteiger charge is -2.26. The number of urea groups is 1. The van der Waals surface area contributed by atoms with E-state index in [1.54, 1.807) is 30.3 Å². The SMILES string of the molecule is O=C1NC(=O)N(c2cccc(Br)c2)C(=O)/C1=C/c1cccn1-c1cccc(Br)c1. The van der Waals surface area contributed by atoms with E-state index in [2.05, 4.69) is 37.2 Å². The molecule has 0 saturated carbocycles. The van der Waals surface area contributed by atoms with Crippen LogP contribution in [0.2, 0.25) is 0 Å². The van der Waals surface area contributed by atoms with Crippen LogP contribution in [0.25, 0.3) is 11.8 Å². The number of carbonyl (C=O) groups is 3. The summed E-state index contributed by atoms with van der Waals surface area (Å²) >= 11 is 6.77. The van der Waals surface area contributed by atoms with Crippen LogP contribution in [0.1, 0.15) is 5.69 Å². The molecule has 8 heteroatoms. The molecule has 0 spiro atoms. The molecule has 144 valence electrons. The molecule has 1 aromatic heterocycles. The summed E-state index contributed by atoms with van der Waals surface area (Å²) in [6.07, 6.45) is 3.31. The molecule has 6 nitrogen and oxygen atoms in total. The molecule has 1 N–H and O–H groups in total. The molecule has 29 heavy (non-hydrogen) atoms. The molecule has 4 amide bonds. The van der Waals surface area contributed by atoms with Gasteiger partial charge in [0.05, 0.1) is 5.69 Å². The van der Waals surface area contributed by atoms with E-state index < -0.39 is 17.8 Å². The van der Waals surface area contributed by atoms with Gasteiger partial charge in [0.2, 0.25) is 0 Å². The lowest BCUT2D eigenvalue weighted by molar-refractivity contribution is -0.122. The minimum Gasteiger partial charge on any atom is -0.317 e. The molecule has 0 atom stereocenters. The number of rotatable bonds is 3. The summed E-state index contributed by atoms with van der Waals surface area (Å²) in [5.74, 6) is -1.41. The number of anilines is 1. The van der Waals surface area contributed by atoms with Gasteiger partial charge in [0.15, 0.2) is 0 Å². The van der Waals surface area contributed by atoms with Gasteiger partial charge in [0.25, 0.3) is 11.8 Å². The van der Waals surface area contributed by atoms with Crippen LogP contribution in [0.5, 0.6) is 0 Å². The summed E-state index contributed by atoms with van der Waals surface area (Å²) in [7, 11) is 0. The first-order valence-corrected chi connectivity index (χ1v) is 10.1. The van der Waals surface area contributed by atoms with E-state index >= 15 is 0 Å². The first kappa shape index (κ1) is 19.4. The Balaban J connectivity index is 1.76. The van der Waals surface area contributed by atoms with Crippen LogP contribution >= 0.6 is 31.9 Å². The van der Waals surface area contributed by atoms with Crippen molar-refractivity contribution in [2.24, 2.45) is 0 Å². The molecular weight excluding hydrogens is 502 g/mol. The summed E-state index contributed by atoms with van der Waals surface area (Å²) in [6.45, 7) is 0. The van der Waals surface area contributed by atoms with Crippen molar-refractivity contribution in [2.75, 3.05) is 4.90 Å². The van der Waals surface area contributed by atoms with Crippen molar-refractivity contribution >= 4 is 61.5 Å². The third-order valence-corrected chi connectivity index (χ3v) is 5.31. The molecule has 1 aliphatic rings. The van der Waals surface area contributed by atoms with Gasteiger partial charge in [0, 0.05) is 26.5 Å². The Morgan fingerprint density at radius 3 is 2.17 bits per heavy atom. The highest BCUT2D eigenvalue weighted by Crippen LogP contribution is 2.25. The fourth-order valence-corrected chi connectivity index (χ4v) is 3.80. The highest BCUT2D eigenvalue weighted by molar-refractivity contribution is 9.10. The second kappa shape index (κ2) is 7.81. The molecule has 4 rings (SSSR count). The summed E-state index contributed by atoms with van der Waals surface area (Å²) in [4.78, 5) is 38.7. The van der Waals surface area contributed by atoms with Gasteiger partial charge in [-0.05, 0) is 54.6 Å². The van der Waals surface area contributed by atoms with Crippen LogP contribution in [0.3, 0.4) is 0 Å². The topological polar surface area (TPSA) is 71.4 Å². The van der Waals surface area contributed by atoms with E-state index in [0.29, 0.717) is 15.9 Å². The maximum atomic E-state index is 13.0. The second-order valence-corrected chi connectivity index (χ2v) is 8.05. The maximum absolute atomic E-state index is 13.0. The summed E-state index contributed by atoms with van der Waals surface area (Å²) < 4.78 is 3.46. The molecule has 1 saturated heterocycles. The van der Waals surface area contributed by atoms with Crippen LogP contribution in [0.15, 0.2) is 81.4 Å². The van der Waals surface area contributed by atoms with E-state index in [0.717, 1.165) is 15.1 Å². The minimum atomic E-state index is -0.780. The fraction of sp³-hybridized carbons (Fsp3) is 0. The van der Waals surface area contributed by atoms with Crippen LogP contribution in [-0.4, -0.2) is 22.4 Å². The van der Waals surface area contributed by atoms with Gasteiger partial charge in [-0.2, -0.15) is 0 Å². The van der Waals surface area contributed by atoms with Gasteiger partial charge < -0.3 is 4.57 Å².